The van der Waals surface area contributed by atoms with Crippen LogP contribution in [0.3, 0.4) is 0 Å². The van der Waals surface area contributed by atoms with E-state index in [0.29, 0.717) is 0 Å². The molecular weight excluding hydrogens is 142 g/mol. The third-order valence-corrected chi connectivity index (χ3v) is 2.87. The Morgan fingerprint density at radius 3 is 2.40 bits per heavy atom. The first-order valence-electron chi connectivity index (χ1n) is 4.15. The Morgan fingerprint density at radius 1 is 1.30 bits per heavy atom. The van der Waals surface area contributed by atoms with Gasteiger partial charge in [-0.3, -0.25) is 4.90 Å². The minimum Gasteiger partial charge on any atom is -0.294 e. The molecule has 1 nitrogen and oxygen atoms in total. The van der Waals surface area contributed by atoms with Gasteiger partial charge >= 0.3 is 0 Å². The van der Waals surface area contributed by atoms with Gasteiger partial charge < -0.3 is 0 Å². The van der Waals surface area contributed by atoms with Crippen LogP contribution in [-0.4, -0.2) is 23.9 Å². The molecule has 0 N–H and O–H groups in total. The zero-order chi connectivity index (χ0) is 7.40. The fourth-order valence-electron chi connectivity index (χ4n) is 1.64. The van der Waals surface area contributed by atoms with Crippen molar-refractivity contribution in [1.29, 1.82) is 0 Å². The molecule has 0 aromatic rings. The predicted molar refractivity (Wildman–Crippen MR) is 48.5 cm³/mol. The fraction of sp³-hybridized carbons (Fsp3) is 1.00. The molecule has 0 saturated heterocycles. The highest BCUT2D eigenvalue weighted by Crippen LogP contribution is 2.21. The largest absolute Gasteiger partial charge is 0.294 e. The second-order valence-corrected chi connectivity index (χ2v) is 3.47. The predicted octanol–water partition coefficient (Wildman–Crippen LogP) is 2.14. The smallest absolute Gasteiger partial charge is 0.0414 e. The number of hydrogen-bond acceptors (Lipinski definition) is 2. The second kappa shape index (κ2) is 4.24. The summed E-state index contributed by atoms with van der Waals surface area (Å²) in [5, 5.41) is 0. The van der Waals surface area contributed by atoms with Crippen LogP contribution >= 0.6 is 12.6 Å². The van der Waals surface area contributed by atoms with Gasteiger partial charge in [0.2, 0.25) is 0 Å². The summed E-state index contributed by atoms with van der Waals surface area (Å²) in [7, 11) is 2.17. The van der Waals surface area contributed by atoms with Gasteiger partial charge in [0.15, 0.2) is 0 Å². The van der Waals surface area contributed by atoms with E-state index in [-0.39, 0.29) is 0 Å². The van der Waals surface area contributed by atoms with Gasteiger partial charge in [-0.25, -0.2) is 0 Å². The van der Waals surface area contributed by atoms with Crippen LogP contribution in [0.25, 0.3) is 0 Å². The van der Waals surface area contributed by atoms with Gasteiger partial charge in [0.05, 0.1) is 0 Å². The summed E-state index contributed by atoms with van der Waals surface area (Å²) in [6, 6.07) is 0.825. The van der Waals surface area contributed by atoms with E-state index >= 15 is 0 Å². The molecule has 0 unspecified atom stereocenters. The Labute approximate surface area is 69.2 Å². The molecule has 1 saturated carbocycles. The first-order chi connectivity index (χ1) is 4.84. The van der Waals surface area contributed by atoms with Crippen LogP contribution in [0.1, 0.15) is 32.1 Å². The zero-order valence-electron chi connectivity index (χ0n) is 6.71. The van der Waals surface area contributed by atoms with Crippen LogP contribution in [0.15, 0.2) is 0 Å². The van der Waals surface area contributed by atoms with E-state index in [1.165, 1.54) is 32.1 Å². The highest BCUT2D eigenvalue weighted by Gasteiger charge is 2.15. The van der Waals surface area contributed by atoms with E-state index in [1.807, 2.05) is 0 Å². The Hall–Kier alpha value is 0.310. The SMILES string of the molecule is CN(CS)C1CCCCC1. The maximum atomic E-state index is 4.25. The van der Waals surface area contributed by atoms with Crippen molar-refractivity contribution in [3.05, 3.63) is 0 Å². The molecule has 0 aromatic carbocycles. The van der Waals surface area contributed by atoms with Crippen LogP contribution in [-0.2, 0) is 0 Å². The first kappa shape index (κ1) is 8.41. The topological polar surface area (TPSA) is 3.24 Å². The third-order valence-electron chi connectivity index (χ3n) is 2.42. The maximum absolute atomic E-state index is 4.25. The van der Waals surface area contributed by atoms with Crippen molar-refractivity contribution in [1.82, 2.24) is 4.90 Å². The van der Waals surface area contributed by atoms with E-state index in [4.69, 9.17) is 0 Å². The molecule has 0 bridgehead atoms. The fourth-order valence-corrected chi connectivity index (χ4v) is 1.87. The minimum atomic E-state index is 0.825. The lowest BCUT2D eigenvalue weighted by Gasteiger charge is -2.29. The molecule has 1 fully saturated rings. The molecule has 60 valence electrons. The van der Waals surface area contributed by atoms with E-state index in [9.17, 15) is 0 Å². The molecule has 1 aliphatic rings. The Bertz CT molecular complexity index is 89.3. The van der Waals surface area contributed by atoms with E-state index < -0.39 is 0 Å². The van der Waals surface area contributed by atoms with Gasteiger partial charge in [0.1, 0.15) is 0 Å². The Balaban J connectivity index is 2.24. The molecule has 0 amide bonds. The molecular formula is C8H17NS. The second-order valence-electron chi connectivity index (χ2n) is 3.19. The molecule has 0 aliphatic heterocycles. The van der Waals surface area contributed by atoms with Crippen LogP contribution in [0.5, 0.6) is 0 Å². The molecule has 0 atom stereocenters. The van der Waals surface area contributed by atoms with Gasteiger partial charge in [-0.2, -0.15) is 12.6 Å². The zero-order valence-corrected chi connectivity index (χ0v) is 7.61. The van der Waals surface area contributed by atoms with Crippen molar-refractivity contribution >= 4 is 12.6 Å². The molecule has 0 spiro atoms. The summed E-state index contributed by atoms with van der Waals surface area (Å²) in [6.07, 6.45) is 7.05. The summed E-state index contributed by atoms with van der Waals surface area (Å²) in [5.41, 5.74) is 0. The van der Waals surface area contributed by atoms with Gasteiger partial charge in [-0.05, 0) is 19.9 Å². The Kier molecular flexibility index (Phi) is 3.57. The molecule has 1 aliphatic carbocycles. The van der Waals surface area contributed by atoms with Crippen molar-refractivity contribution < 1.29 is 0 Å². The third kappa shape index (κ3) is 2.17. The van der Waals surface area contributed by atoms with Crippen molar-refractivity contribution in [3.63, 3.8) is 0 Å². The number of hydrogen-bond donors (Lipinski definition) is 1. The highest BCUT2D eigenvalue weighted by molar-refractivity contribution is 7.80. The highest BCUT2D eigenvalue weighted by atomic mass is 32.1. The average Bonchev–Trinajstić information content (AvgIpc) is 2.05. The molecule has 0 radical (unpaired) electrons. The first-order valence-corrected chi connectivity index (χ1v) is 4.79. The summed E-state index contributed by atoms with van der Waals surface area (Å²) in [6.45, 7) is 0. The van der Waals surface area contributed by atoms with Crippen LogP contribution in [0.4, 0.5) is 0 Å². The van der Waals surface area contributed by atoms with Crippen molar-refractivity contribution in [2.75, 3.05) is 12.9 Å². The van der Waals surface area contributed by atoms with Crippen LogP contribution in [0, 0.1) is 0 Å². The van der Waals surface area contributed by atoms with Gasteiger partial charge in [0.25, 0.3) is 0 Å². The molecule has 10 heavy (non-hydrogen) atoms. The number of nitrogens with zero attached hydrogens (tertiary/aromatic N) is 1. The summed E-state index contributed by atoms with van der Waals surface area (Å²) in [5.74, 6) is 0.907. The number of rotatable bonds is 2. The molecule has 0 heterocycles. The lowest BCUT2D eigenvalue weighted by molar-refractivity contribution is 0.221. The van der Waals surface area contributed by atoms with E-state index in [0.717, 1.165) is 11.9 Å². The quantitative estimate of drug-likeness (QED) is 0.477. The average molecular weight is 159 g/mol. The summed E-state index contributed by atoms with van der Waals surface area (Å²) < 4.78 is 0. The van der Waals surface area contributed by atoms with Crippen LogP contribution < -0.4 is 0 Å². The lowest BCUT2D eigenvalue weighted by atomic mass is 9.95. The normalized spacial score (nSPS) is 21.9. The molecule has 0 aromatic heterocycles. The molecule has 2 heteroatoms. The maximum Gasteiger partial charge on any atom is 0.0414 e. The molecule has 1 rings (SSSR count). The van der Waals surface area contributed by atoms with Crippen molar-refractivity contribution in [3.8, 4) is 0 Å². The monoisotopic (exact) mass is 159 g/mol. The van der Waals surface area contributed by atoms with Gasteiger partial charge in [-0.1, -0.05) is 19.3 Å². The number of thiol groups is 1. The summed E-state index contributed by atoms with van der Waals surface area (Å²) >= 11 is 4.25. The van der Waals surface area contributed by atoms with Crippen molar-refractivity contribution in [2.45, 2.75) is 38.1 Å². The van der Waals surface area contributed by atoms with Gasteiger partial charge in [-0.15, -0.1) is 0 Å². The summed E-state index contributed by atoms with van der Waals surface area (Å²) in [4.78, 5) is 2.35. The van der Waals surface area contributed by atoms with Crippen LogP contribution in [0.2, 0.25) is 0 Å². The Morgan fingerprint density at radius 2 is 1.90 bits per heavy atom. The lowest BCUT2D eigenvalue weighted by Crippen LogP contribution is -2.32. The van der Waals surface area contributed by atoms with Gasteiger partial charge in [0, 0.05) is 11.9 Å². The minimum absolute atomic E-state index is 0.825. The van der Waals surface area contributed by atoms with E-state index in [1.54, 1.807) is 0 Å². The standard InChI is InChI=1S/C8H17NS/c1-9(7-10)8-5-3-2-4-6-8/h8,10H,2-7H2,1H3. The van der Waals surface area contributed by atoms with E-state index in [2.05, 4.69) is 24.6 Å². The van der Waals surface area contributed by atoms with Crippen molar-refractivity contribution in [2.24, 2.45) is 0 Å².